The van der Waals surface area contributed by atoms with Gasteiger partial charge in [-0.2, -0.15) is 0 Å². The van der Waals surface area contributed by atoms with Gasteiger partial charge in [0.15, 0.2) is 0 Å². The number of phenolic OH excluding ortho intramolecular Hbond substituents is 2. The van der Waals surface area contributed by atoms with Crippen LogP contribution in [0.25, 0.3) is 0 Å². The maximum atomic E-state index is 11.5. The van der Waals surface area contributed by atoms with Crippen LogP contribution in [0, 0.1) is 0 Å². The number of rotatable bonds is 19. The standard InChI is InChI=1S/C40H53N3O6S/c1-28(2)43(29(3)4)23-20-35(32-9-7-6-8-10-32)36-25-31(13-17-38(36)44)21-24-49-34-15-11-30(12-16-34)19-22-41-27-40(46)33-14-18-39(45)37(26-33)42-50(5,47)48/h6-18,25-26,28-29,35,40-42,44-46H,19-24,27H2,1-5H3/t35-,40+/m1/s1. The Morgan fingerprint density at radius 2 is 1.44 bits per heavy atom. The second-order valence-corrected chi connectivity index (χ2v) is 15.2. The molecule has 50 heavy (non-hydrogen) atoms. The van der Waals surface area contributed by atoms with Crippen LogP contribution >= 0.6 is 0 Å². The van der Waals surface area contributed by atoms with Crippen LogP contribution in [0.4, 0.5) is 5.69 Å². The number of nitrogens with zero attached hydrogens (tertiary/aromatic N) is 1. The molecule has 0 aliphatic heterocycles. The zero-order valence-corrected chi connectivity index (χ0v) is 30.7. The third kappa shape index (κ3) is 11.8. The monoisotopic (exact) mass is 703 g/mol. The summed E-state index contributed by atoms with van der Waals surface area (Å²) >= 11 is 0. The molecule has 270 valence electrons. The molecule has 0 saturated heterocycles. The molecular weight excluding hydrogens is 651 g/mol. The minimum absolute atomic E-state index is 0.0294. The third-order valence-corrected chi connectivity index (χ3v) is 9.47. The molecule has 2 atom stereocenters. The van der Waals surface area contributed by atoms with Crippen LogP contribution in [-0.2, 0) is 22.9 Å². The Kier molecular flexibility index (Phi) is 14.1. The zero-order valence-electron chi connectivity index (χ0n) is 29.8. The summed E-state index contributed by atoms with van der Waals surface area (Å²) in [6, 6.07) is 29.5. The molecule has 0 spiro atoms. The third-order valence-electron chi connectivity index (χ3n) is 8.88. The highest BCUT2D eigenvalue weighted by Crippen LogP contribution is 2.35. The lowest BCUT2D eigenvalue weighted by Gasteiger charge is -2.32. The van der Waals surface area contributed by atoms with Gasteiger partial charge < -0.3 is 25.4 Å². The van der Waals surface area contributed by atoms with Crippen molar-refractivity contribution in [3.63, 3.8) is 0 Å². The van der Waals surface area contributed by atoms with Crippen LogP contribution in [0.1, 0.15) is 74.0 Å². The van der Waals surface area contributed by atoms with Crippen LogP contribution in [-0.4, -0.2) is 73.2 Å². The number of hydrogen-bond donors (Lipinski definition) is 5. The maximum absolute atomic E-state index is 11.5. The molecule has 10 heteroatoms. The number of benzene rings is 4. The van der Waals surface area contributed by atoms with Crippen molar-refractivity contribution in [3.05, 3.63) is 119 Å². The summed E-state index contributed by atoms with van der Waals surface area (Å²) in [6.45, 7) is 11.3. The zero-order chi connectivity index (χ0) is 36.3. The normalized spacial score (nSPS) is 13.1. The second-order valence-electron chi connectivity index (χ2n) is 13.4. The molecule has 0 fully saturated rings. The molecule has 5 N–H and O–H groups in total. The van der Waals surface area contributed by atoms with Gasteiger partial charge >= 0.3 is 0 Å². The lowest BCUT2D eigenvalue weighted by Crippen LogP contribution is -2.38. The van der Waals surface area contributed by atoms with Crippen molar-refractivity contribution >= 4 is 15.7 Å². The van der Waals surface area contributed by atoms with Gasteiger partial charge in [0, 0.05) is 36.5 Å². The molecule has 0 bridgehead atoms. The van der Waals surface area contributed by atoms with E-state index < -0.39 is 16.1 Å². The van der Waals surface area contributed by atoms with E-state index in [2.05, 4.69) is 73.0 Å². The number of phenols is 2. The molecule has 4 rings (SSSR count). The first kappa shape index (κ1) is 38.7. The van der Waals surface area contributed by atoms with E-state index in [4.69, 9.17) is 4.74 Å². The first-order valence-electron chi connectivity index (χ1n) is 17.3. The Morgan fingerprint density at radius 3 is 2.10 bits per heavy atom. The van der Waals surface area contributed by atoms with Gasteiger partial charge in [-0.3, -0.25) is 9.62 Å². The second kappa shape index (κ2) is 18.2. The fourth-order valence-electron chi connectivity index (χ4n) is 6.29. The van der Waals surface area contributed by atoms with Crippen molar-refractivity contribution in [2.24, 2.45) is 0 Å². The van der Waals surface area contributed by atoms with E-state index in [-0.39, 0.29) is 23.9 Å². The van der Waals surface area contributed by atoms with E-state index in [9.17, 15) is 23.7 Å². The van der Waals surface area contributed by atoms with Gasteiger partial charge in [-0.05, 0) is 106 Å². The molecule has 0 radical (unpaired) electrons. The fourth-order valence-corrected chi connectivity index (χ4v) is 6.85. The van der Waals surface area contributed by atoms with Gasteiger partial charge in [0.05, 0.1) is 24.7 Å². The smallest absolute Gasteiger partial charge is 0.229 e. The van der Waals surface area contributed by atoms with E-state index in [1.807, 2.05) is 42.5 Å². The molecule has 4 aromatic rings. The van der Waals surface area contributed by atoms with E-state index in [0.29, 0.717) is 43.0 Å². The fraction of sp³-hybridized carbons (Fsp3) is 0.400. The van der Waals surface area contributed by atoms with Crippen LogP contribution in [0.3, 0.4) is 0 Å². The van der Waals surface area contributed by atoms with Crippen LogP contribution < -0.4 is 14.8 Å². The summed E-state index contributed by atoms with van der Waals surface area (Å²) in [6.07, 6.45) is 2.48. The average molecular weight is 704 g/mol. The topological polar surface area (TPSA) is 131 Å². The summed E-state index contributed by atoms with van der Waals surface area (Å²) < 4.78 is 31.4. The molecule has 0 aromatic heterocycles. The predicted octanol–water partition coefficient (Wildman–Crippen LogP) is 6.60. The van der Waals surface area contributed by atoms with Gasteiger partial charge in [0.1, 0.15) is 17.2 Å². The van der Waals surface area contributed by atoms with Gasteiger partial charge in [-0.15, -0.1) is 0 Å². The van der Waals surface area contributed by atoms with Gasteiger partial charge in [-0.1, -0.05) is 60.7 Å². The van der Waals surface area contributed by atoms with Gasteiger partial charge in [0.2, 0.25) is 10.0 Å². The van der Waals surface area contributed by atoms with E-state index in [0.717, 1.165) is 48.1 Å². The van der Waals surface area contributed by atoms with Crippen molar-refractivity contribution in [2.45, 2.75) is 71.1 Å². The first-order valence-corrected chi connectivity index (χ1v) is 19.2. The number of aliphatic hydroxyl groups excluding tert-OH is 1. The largest absolute Gasteiger partial charge is 0.508 e. The maximum Gasteiger partial charge on any atom is 0.229 e. The van der Waals surface area contributed by atoms with E-state index >= 15 is 0 Å². The van der Waals surface area contributed by atoms with Crippen molar-refractivity contribution in [2.75, 3.05) is 37.2 Å². The van der Waals surface area contributed by atoms with Crippen molar-refractivity contribution in [1.82, 2.24) is 10.2 Å². The lowest BCUT2D eigenvalue weighted by molar-refractivity contribution is 0.170. The van der Waals surface area contributed by atoms with Crippen molar-refractivity contribution in [3.8, 4) is 17.2 Å². The molecule has 9 nitrogen and oxygen atoms in total. The summed E-state index contributed by atoms with van der Waals surface area (Å²) in [5.41, 5.74) is 4.90. The van der Waals surface area contributed by atoms with E-state index in [1.54, 1.807) is 6.07 Å². The number of ether oxygens (including phenoxy) is 1. The highest BCUT2D eigenvalue weighted by Gasteiger charge is 2.22. The number of hydrogen-bond acceptors (Lipinski definition) is 8. The quantitative estimate of drug-likeness (QED) is 0.0546. The molecule has 4 aromatic carbocycles. The Hall–Kier alpha value is -4.09. The summed E-state index contributed by atoms with van der Waals surface area (Å²) in [4.78, 5) is 2.50. The van der Waals surface area contributed by atoms with E-state index in [1.165, 1.54) is 17.7 Å². The van der Waals surface area contributed by atoms with Gasteiger partial charge in [-0.25, -0.2) is 8.42 Å². The molecular formula is C40H53N3O6S. The van der Waals surface area contributed by atoms with Crippen LogP contribution in [0.5, 0.6) is 17.2 Å². The SMILES string of the molecule is CC(C)N(CC[C@H](c1ccccc1)c1cc(CCOc2ccc(CCNC[C@H](O)c3ccc(O)c(NS(C)(=O)=O)c3)cc2)ccc1O)C(C)C. The summed E-state index contributed by atoms with van der Waals surface area (Å²) in [7, 11) is -3.56. The lowest BCUT2D eigenvalue weighted by atomic mass is 9.86. The predicted molar refractivity (Wildman–Crippen MR) is 202 cm³/mol. The van der Waals surface area contributed by atoms with Crippen molar-refractivity contribution < 1.29 is 28.5 Å². The molecule has 0 amide bonds. The number of aromatic hydroxyl groups is 2. The highest BCUT2D eigenvalue weighted by molar-refractivity contribution is 7.92. The Labute approximate surface area is 298 Å². The van der Waals surface area contributed by atoms with Crippen molar-refractivity contribution in [1.29, 1.82) is 0 Å². The Bertz CT molecular complexity index is 1740. The number of sulfonamides is 1. The molecule has 0 unspecified atom stereocenters. The first-order chi connectivity index (χ1) is 23.8. The molecule has 0 heterocycles. The highest BCUT2D eigenvalue weighted by atomic mass is 32.2. The van der Waals surface area contributed by atoms with Crippen LogP contribution in [0.15, 0.2) is 91.0 Å². The summed E-state index contributed by atoms with van der Waals surface area (Å²) in [5.74, 6) is 0.971. The molecule has 0 aliphatic rings. The Balaban J connectivity index is 1.28. The minimum Gasteiger partial charge on any atom is -0.508 e. The summed E-state index contributed by atoms with van der Waals surface area (Å²) in [5, 5.41) is 34.7. The van der Waals surface area contributed by atoms with Gasteiger partial charge in [0.25, 0.3) is 0 Å². The molecule has 0 saturated carbocycles. The number of anilines is 1. The minimum atomic E-state index is -3.56. The number of aliphatic hydroxyl groups is 1. The van der Waals surface area contributed by atoms with Crippen LogP contribution in [0.2, 0.25) is 0 Å². The average Bonchev–Trinajstić information content (AvgIpc) is 3.07. The Morgan fingerprint density at radius 1 is 0.780 bits per heavy atom. The molecule has 0 aliphatic carbocycles. The number of nitrogens with one attached hydrogen (secondary N) is 2.